The van der Waals surface area contributed by atoms with Gasteiger partial charge in [0, 0.05) is 0 Å². The first-order valence-electron chi connectivity index (χ1n) is 15.3. The molecule has 0 amide bonds. The van der Waals surface area contributed by atoms with Gasteiger partial charge in [0.25, 0.3) is 0 Å². The Morgan fingerprint density at radius 3 is 1.92 bits per heavy atom. The van der Waals surface area contributed by atoms with Crippen molar-refractivity contribution in [3.63, 3.8) is 0 Å². The van der Waals surface area contributed by atoms with Crippen LogP contribution in [-0.2, 0) is 28.5 Å². The molecule has 6 rings (SSSR count). The topological polar surface area (TPSA) is 77.7 Å². The Bertz CT molecular complexity index is 896. The summed E-state index contributed by atoms with van der Waals surface area (Å²) in [4.78, 5) is 24.4. The monoisotopic (exact) mass is 528 g/mol. The number of rotatable bonds is 6. The lowest BCUT2D eigenvalue weighted by Crippen LogP contribution is -2.34. The molecule has 2 heterocycles. The highest BCUT2D eigenvalue weighted by molar-refractivity contribution is 5.73. The maximum Gasteiger partial charge on any atom is 0.309 e. The Balaban J connectivity index is 0.000000156. The molecular formula is C32H48O6. The first-order chi connectivity index (χ1) is 18.3. The van der Waals surface area contributed by atoms with E-state index < -0.39 is 0 Å². The molecule has 4 aliphatic carbocycles. The number of hydrogen-bond donors (Lipinski definition) is 0. The highest BCUT2D eigenvalue weighted by Crippen LogP contribution is 2.45. The number of carbonyl (C=O) groups is 2. The highest BCUT2D eigenvalue weighted by Gasteiger charge is 2.52. The summed E-state index contributed by atoms with van der Waals surface area (Å²) in [7, 11) is 0. The van der Waals surface area contributed by atoms with Crippen molar-refractivity contribution in [3.05, 3.63) is 24.3 Å². The molecule has 4 fully saturated rings. The Kier molecular flexibility index (Phi) is 8.99. The van der Waals surface area contributed by atoms with Gasteiger partial charge in [0.2, 0.25) is 0 Å². The van der Waals surface area contributed by atoms with Crippen LogP contribution in [0.25, 0.3) is 0 Å². The minimum atomic E-state index is -0.00233. The first-order valence-corrected chi connectivity index (χ1v) is 15.3. The molecule has 6 nitrogen and oxygen atoms in total. The van der Waals surface area contributed by atoms with E-state index in [0.29, 0.717) is 73.1 Å². The van der Waals surface area contributed by atoms with E-state index in [1.807, 2.05) is 0 Å². The number of allylic oxidation sites excluding steroid dienone is 4. The number of hydrogen-bond acceptors (Lipinski definition) is 6. The normalized spacial score (nSPS) is 44.5. The summed E-state index contributed by atoms with van der Waals surface area (Å²) in [6, 6.07) is 0. The van der Waals surface area contributed by atoms with Crippen LogP contribution in [0.5, 0.6) is 0 Å². The van der Waals surface area contributed by atoms with Crippen molar-refractivity contribution in [2.45, 2.75) is 103 Å². The lowest BCUT2D eigenvalue weighted by molar-refractivity contribution is -0.154. The van der Waals surface area contributed by atoms with Gasteiger partial charge in [-0.25, -0.2) is 0 Å². The summed E-state index contributed by atoms with van der Waals surface area (Å²) in [6.45, 7) is 9.84. The van der Waals surface area contributed by atoms with Crippen LogP contribution in [0.2, 0.25) is 0 Å². The zero-order valence-electron chi connectivity index (χ0n) is 23.8. The average Bonchev–Trinajstić information content (AvgIpc) is 3.83. The van der Waals surface area contributed by atoms with E-state index in [2.05, 4.69) is 52.0 Å². The molecule has 6 heteroatoms. The SMILES string of the molecule is CC1C(COC(=O)C2CCC3OC3C2C)CCC2OC21.CC1C=CCCC1COC(=O)C1CCC=CC1C. The van der Waals surface area contributed by atoms with Gasteiger partial charge in [0.15, 0.2) is 0 Å². The Labute approximate surface area is 228 Å². The summed E-state index contributed by atoms with van der Waals surface area (Å²) >= 11 is 0. The molecule has 0 aromatic carbocycles. The molecule has 212 valence electrons. The van der Waals surface area contributed by atoms with E-state index in [1.54, 1.807) is 0 Å². The third-order valence-corrected chi connectivity index (χ3v) is 10.3. The molecule has 12 atom stereocenters. The van der Waals surface area contributed by atoms with E-state index in [-0.39, 0.29) is 23.8 Å². The summed E-state index contributed by atoms with van der Waals surface area (Å²) in [5.74, 6) is 2.82. The lowest BCUT2D eigenvalue weighted by Gasteiger charge is -2.28. The van der Waals surface area contributed by atoms with Crippen LogP contribution in [-0.4, -0.2) is 49.6 Å². The summed E-state index contributed by atoms with van der Waals surface area (Å²) in [6.07, 6.45) is 18.9. The third-order valence-electron chi connectivity index (χ3n) is 10.3. The lowest BCUT2D eigenvalue weighted by atomic mass is 9.80. The van der Waals surface area contributed by atoms with Gasteiger partial charge in [0.1, 0.15) is 0 Å². The molecule has 38 heavy (non-hydrogen) atoms. The van der Waals surface area contributed by atoms with Crippen LogP contribution < -0.4 is 0 Å². The molecule has 2 saturated carbocycles. The van der Waals surface area contributed by atoms with Crippen molar-refractivity contribution >= 4 is 11.9 Å². The Morgan fingerprint density at radius 1 is 0.658 bits per heavy atom. The molecule has 0 N–H and O–H groups in total. The molecule has 0 aromatic heterocycles. The van der Waals surface area contributed by atoms with Crippen molar-refractivity contribution < 1.29 is 28.5 Å². The molecular weight excluding hydrogens is 480 g/mol. The van der Waals surface area contributed by atoms with Crippen molar-refractivity contribution in [2.24, 2.45) is 47.3 Å². The van der Waals surface area contributed by atoms with Crippen LogP contribution in [0.15, 0.2) is 24.3 Å². The van der Waals surface area contributed by atoms with E-state index in [9.17, 15) is 9.59 Å². The zero-order valence-corrected chi connectivity index (χ0v) is 23.8. The van der Waals surface area contributed by atoms with Crippen molar-refractivity contribution in [2.75, 3.05) is 13.2 Å². The fourth-order valence-corrected chi connectivity index (χ4v) is 7.20. The number of ether oxygens (including phenoxy) is 4. The van der Waals surface area contributed by atoms with Gasteiger partial charge in [0.05, 0.1) is 49.5 Å². The molecule has 12 unspecified atom stereocenters. The summed E-state index contributed by atoms with van der Waals surface area (Å²) < 4.78 is 22.4. The van der Waals surface area contributed by atoms with Gasteiger partial charge in [-0.3, -0.25) is 9.59 Å². The van der Waals surface area contributed by atoms with Gasteiger partial charge >= 0.3 is 11.9 Å². The predicted octanol–water partition coefficient (Wildman–Crippen LogP) is 5.89. The summed E-state index contributed by atoms with van der Waals surface area (Å²) in [5, 5.41) is 0. The molecule has 2 saturated heterocycles. The molecule has 0 aromatic rings. The third kappa shape index (κ3) is 6.55. The number of fused-ring (bicyclic) bond motifs is 2. The standard InChI is InChI=1S/C16H24O4.C16H24O2/c1-8-10(3-5-12-14(8)19-12)7-18-16(17)11-4-6-13-15(20-13)9(11)2;1-12-7-3-5-9-14(12)11-18-16(17)15-10-6-4-8-13(15)2/h8-15H,3-7H2,1-2H3;3-4,7-8,12-15H,5-6,9-11H2,1-2H3. The van der Waals surface area contributed by atoms with Crippen molar-refractivity contribution in [3.8, 4) is 0 Å². The quantitative estimate of drug-likeness (QED) is 0.243. The van der Waals surface area contributed by atoms with Gasteiger partial charge < -0.3 is 18.9 Å². The molecule has 2 aliphatic heterocycles. The van der Waals surface area contributed by atoms with E-state index in [0.717, 1.165) is 51.4 Å². The van der Waals surface area contributed by atoms with Crippen LogP contribution in [0, 0.1) is 47.3 Å². The molecule has 0 radical (unpaired) electrons. The highest BCUT2D eigenvalue weighted by atomic mass is 16.6. The van der Waals surface area contributed by atoms with Crippen LogP contribution in [0.1, 0.15) is 79.1 Å². The maximum absolute atomic E-state index is 12.3. The van der Waals surface area contributed by atoms with Crippen LogP contribution in [0.3, 0.4) is 0 Å². The average molecular weight is 529 g/mol. The van der Waals surface area contributed by atoms with Crippen molar-refractivity contribution in [1.29, 1.82) is 0 Å². The number of carbonyl (C=O) groups excluding carboxylic acids is 2. The Morgan fingerprint density at radius 2 is 1.24 bits per heavy atom. The van der Waals surface area contributed by atoms with Crippen LogP contribution in [0.4, 0.5) is 0 Å². The first kappa shape index (κ1) is 27.9. The second-order valence-electron chi connectivity index (χ2n) is 12.9. The molecule has 0 spiro atoms. The predicted molar refractivity (Wildman–Crippen MR) is 145 cm³/mol. The maximum atomic E-state index is 12.3. The number of esters is 2. The fourth-order valence-electron chi connectivity index (χ4n) is 7.20. The van der Waals surface area contributed by atoms with E-state index >= 15 is 0 Å². The smallest absolute Gasteiger partial charge is 0.309 e. The molecule has 0 bridgehead atoms. The van der Waals surface area contributed by atoms with Gasteiger partial charge in [-0.15, -0.1) is 0 Å². The second kappa shape index (κ2) is 12.2. The van der Waals surface area contributed by atoms with Gasteiger partial charge in [-0.2, -0.15) is 0 Å². The van der Waals surface area contributed by atoms with E-state index in [4.69, 9.17) is 18.9 Å². The fraction of sp³-hybridized carbons (Fsp3) is 0.812. The molecule has 6 aliphatic rings. The zero-order chi connectivity index (χ0) is 26.8. The summed E-state index contributed by atoms with van der Waals surface area (Å²) in [5.41, 5.74) is 0. The van der Waals surface area contributed by atoms with Crippen molar-refractivity contribution in [1.82, 2.24) is 0 Å². The number of epoxide rings is 2. The second-order valence-corrected chi connectivity index (χ2v) is 12.9. The Hall–Kier alpha value is -1.66. The van der Waals surface area contributed by atoms with Gasteiger partial charge in [-0.1, -0.05) is 52.0 Å². The van der Waals surface area contributed by atoms with Gasteiger partial charge in [-0.05, 0) is 86.9 Å². The minimum Gasteiger partial charge on any atom is -0.465 e. The minimum absolute atomic E-state index is 0.00233. The van der Waals surface area contributed by atoms with Crippen LogP contribution >= 0.6 is 0 Å². The van der Waals surface area contributed by atoms with E-state index in [1.165, 1.54) is 0 Å². The largest absolute Gasteiger partial charge is 0.465 e.